The van der Waals surface area contributed by atoms with Gasteiger partial charge in [0.2, 0.25) is 5.91 Å². The van der Waals surface area contributed by atoms with Gasteiger partial charge in [0, 0.05) is 19.3 Å². The van der Waals surface area contributed by atoms with E-state index in [-0.39, 0.29) is 24.2 Å². The molecule has 3 atom stereocenters. The standard InChI is InChI=1S/C32H34F7N3O3/c1-17-11-21(33)7-8-22(17)23-15-25(24-9-10-30(4,41-24)28(44)45-6)40-16-26(23)42(5)27(43)29(2,3)18-12-19(31(34,35)36)14-20(13-18)32(37,38)39/h7-8,11-14,16,24-25,41H,9-10,15H2,1-6H3/t24-,25?,30+/m1/s1. The van der Waals surface area contributed by atoms with Crippen LogP contribution < -0.4 is 5.32 Å². The van der Waals surface area contributed by atoms with Crippen LogP contribution in [0.1, 0.15) is 67.9 Å². The Balaban J connectivity index is 1.76. The molecule has 2 aliphatic rings. The number of carbonyl (C=O) groups is 2. The van der Waals surface area contributed by atoms with Crippen molar-refractivity contribution < 1.29 is 45.1 Å². The van der Waals surface area contributed by atoms with Crippen molar-refractivity contribution >= 4 is 23.7 Å². The Morgan fingerprint density at radius 2 is 1.58 bits per heavy atom. The monoisotopic (exact) mass is 641 g/mol. The Labute approximate surface area is 256 Å². The molecule has 4 rings (SSSR count). The molecular weight excluding hydrogens is 607 g/mol. The van der Waals surface area contributed by atoms with E-state index < -0.39 is 63.7 Å². The fraction of sp³-hybridized carbons (Fsp3) is 0.469. The summed E-state index contributed by atoms with van der Waals surface area (Å²) in [6, 6.07) is 4.56. The number of carbonyl (C=O) groups excluding carboxylic acids is 2. The number of dihydropyridines is 1. The number of amides is 1. The number of hydrogen-bond acceptors (Lipinski definition) is 5. The maximum absolute atomic E-state index is 14.1. The van der Waals surface area contributed by atoms with Gasteiger partial charge in [0.25, 0.3) is 0 Å². The number of nitrogens with one attached hydrogen (secondary N) is 1. The third kappa shape index (κ3) is 6.78. The highest BCUT2D eigenvalue weighted by atomic mass is 19.4. The van der Waals surface area contributed by atoms with Crippen LogP contribution in [-0.2, 0) is 32.1 Å². The molecule has 1 N–H and O–H groups in total. The Kier molecular flexibility index (Phi) is 9.02. The van der Waals surface area contributed by atoms with Gasteiger partial charge in [-0.05, 0) is 99.6 Å². The Hall–Kier alpha value is -3.74. The van der Waals surface area contributed by atoms with Gasteiger partial charge < -0.3 is 9.64 Å². The summed E-state index contributed by atoms with van der Waals surface area (Å²) in [7, 11) is 2.66. The number of methoxy groups -OCH3 is 1. The lowest BCUT2D eigenvalue weighted by molar-refractivity contribution is -0.147. The van der Waals surface area contributed by atoms with E-state index in [9.17, 15) is 40.3 Å². The van der Waals surface area contributed by atoms with Crippen LogP contribution in [0.15, 0.2) is 47.1 Å². The fourth-order valence-corrected chi connectivity index (χ4v) is 6.00. The highest BCUT2D eigenvalue weighted by Crippen LogP contribution is 2.41. The van der Waals surface area contributed by atoms with Gasteiger partial charge >= 0.3 is 18.3 Å². The molecule has 2 aliphatic heterocycles. The number of ether oxygens (including phenoxy) is 1. The van der Waals surface area contributed by atoms with Crippen molar-refractivity contribution in [2.24, 2.45) is 4.99 Å². The van der Waals surface area contributed by atoms with Crippen molar-refractivity contribution in [1.82, 2.24) is 10.2 Å². The van der Waals surface area contributed by atoms with E-state index in [1.807, 2.05) is 0 Å². The van der Waals surface area contributed by atoms with Crippen LogP contribution in [0.2, 0.25) is 0 Å². The van der Waals surface area contributed by atoms with Crippen molar-refractivity contribution in [2.75, 3.05) is 14.2 Å². The topological polar surface area (TPSA) is 71.0 Å². The molecule has 1 saturated heterocycles. The van der Waals surface area contributed by atoms with E-state index in [0.717, 1.165) is 4.90 Å². The fourth-order valence-electron chi connectivity index (χ4n) is 6.00. The third-order valence-electron chi connectivity index (χ3n) is 8.69. The quantitative estimate of drug-likeness (QED) is 0.277. The number of aliphatic imine (C=N–C) groups is 1. The molecule has 2 heterocycles. The molecule has 6 nitrogen and oxygen atoms in total. The number of alkyl halides is 6. The molecule has 1 amide bonds. The van der Waals surface area contributed by atoms with E-state index in [4.69, 9.17) is 4.74 Å². The van der Waals surface area contributed by atoms with E-state index in [1.54, 1.807) is 19.9 Å². The summed E-state index contributed by atoms with van der Waals surface area (Å²) in [5, 5.41) is 3.30. The van der Waals surface area contributed by atoms with Gasteiger partial charge in [0.05, 0.1) is 35.4 Å². The van der Waals surface area contributed by atoms with E-state index >= 15 is 0 Å². The maximum Gasteiger partial charge on any atom is 0.416 e. The van der Waals surface area contributed by atoms with Crippen LogP contribution in [0.3, 0.4) is 0 Å². The number of esters is 1. The number of hydrogen-bond donors (Lipinski definition) is 1. The summed E-state index contributed by atoms with van der Waals surface area (Å²) in [4.78, 5) is 32.2. The van der Waals surface area contributed by atoms with Crippen LogP contribution >= 0.6 is 0 Å². The average molecular weight is 642 g/mol. The lowest BCUT2D eigenvalue weighted by atomic mass is 9.81. The van der Waals surface area contributed by atoms with Gasteiger partial charge in [-0.2, -0.15) is 26.3 Å². The molecule has 244 valence electrons. The number of allylic oxidation sites excluding steroid dienone is 1. The van der Waals surface area contributed by atoms with Crippen LogP contribution in [0.4, 0.5) is 30.7 Å². The van der Waals surface area contributed by atoms with Crippen LogP contribution in [0, 0.1) is 12.7 Å². The molecule has 0 bridgehead atoms. The molecule has 0 radical (unpaired) electrons. The first-order valence-corrected chi connectivity index (χ1v) is 14.2. The van der Waals surface area contributed by atoms with Gasteiger partial charge in [-0.1, -0.05) is 6.07 Å². The zero-order valence-electron chi connectivity index (χ0n) is 25.6. The van der Waals surface area contributed by atoms with Crippen LogP contribution in [-0.4, -0.2) is 54.8 Å². The minimum absolute atomic E-state index is 0.0158. The smallest absolute Gasteiger partial charge is 0.416 e. The number of benzene rings is 2. The van der Waals surface area contributed by atoms with Gasteiger partial charge in [-0.15, -0.1) is 0 Å². The van der Waals surface area contributed by atoms with E-state index in [1.165, 1.54) is 46.4 Å². The van der Waals surface area contributed by atoms with Gasteiger partial charge in [0.1, 0.15) is 11.4 Å². The second-order valence-corrected chi connectivity index (χ2v) is 12.3. The van der Waals surface area contributed by atoms with Crippen molar-refractivity contribution in [1.29, 1.82) is 0 Å². The average Bonchev–Trinajstić information content (AvgIpc) is 3.37. The molecule has 13 heteroatoms. The Morgan fingerprint density at radius 3 is 2.11 bits per heavy atom. The predicted molar refractivity (Wildman–Crippen MR) is 154 cm³/mol. The van der Waals surface area contributed by atoms with Gasteiger partial charge in [-0.25, -0.2) is 4.39 Å². The molecule has 2 aromatic carbocycles. The minimum Gasteiger partial charge on any atom is -0.468 e. The van der Waals surface area contributed by atoms with Crippen molar-refractivity contribution in [2.45, 2.75) is 82.3 Å². The molecule has 1 unspecified atom stereocenters. The third-order valence-corrected chi connectivity index (χ3v) is 8.69. The summed E-state index contributed by atoms with van der Waals surface area (Å²) in [6.45, 7) is 5.91. The summed E-state index contributed by atoms with van der Waals surface area (Å²) < 4.78 is 101. The SMILES string of the molecule is COC(=O)[C@]1(C)CC[C@H](C2CC(c3ccc(F)cc3C)=C(N(C)C(=O)C(C)(C)c3cc(C(F)(F)F)cc(C(F)(F)F)c3)C=N2)N1. The second-order valence-electron chi connectivity index (χ2n) is 12.3. The zero-order valence-corrected chi connectivity index (χ0v) is 25.6. The minimum atomic E-state index is -5.08. The highest BCUT2D eigenvalue weighted by Gasteiger charge is 2.46. The number of likely N-dealkylation sites (N-methyl/N-ethyl adjacent to an activating group) is 1. The first-order chi connectivity index (χ1) is 20.7. The number of halogens is 7. The molecule has 0 saturated carbocycles. The number of nitrogens with zero attached hydrogens (tertiary/aromatic N) is 2. The van der Waals surface area contributed by atoms with E-state index in [2.05, 4.69) is 10.3 Å². The molecule has 0 spiro atoms. The summed E-state index contributed by atoms with van der Waals surface area (Å²) in [5.74, 6) is -1.70. The Bertz CT molecular complexity index is 1530. The first-order valence-electron chi connectivity index (χ1n) is 14.2. The lowest BCUT2D eigenvalue weighted by Crippen LogP contribution is -2.51. The highest BCUT2D eigenvalue weighted by molar-refractivity contribution is 6.00. The summed E-state index contributed by atoms with van der Waals surface area (Å²) >= 11 is 0. The lowest BCUT2D eigenvalue weighted by Gasteiger charge is -2.35. The van der Waals surface area contributed by atoms with Crippen LogP contribution in [0.25, 0.3) is 5.57 Å². The number of aryl methyl sites for hydroxylation is 1. The molecule has 0 aliphatic carbocycles. The maximum atomic E-state index is 14.1. The van der Waals surface area contributed by atoms with Crippen molar-refractivity contribution in [3.05, 3.63) is 75.7 Å². The molecule has 45 heavy (non-hydrogen) atoms. The summed E-state index contributed by atoms with van der Waals surface area (Å²) in [5.41, 5.74) is -4.32. The largest absolute Gasteiger partial charge is 0.468 e. The molecular formula is C32H34F7N3O3. The van der Waals surface area contributed by atoms with Crippen molar-refractivity contribution in [3.63, 3.8) is 0 Å². The second kappa shape index (κ2) is 11.9. The molecule has 2 aromatic rings. The van der Waals surface area contributed by atoms with Crippen LogP contribution in [0.5, 0.6) is 0 Å². The van der Waals surface area contributed by atoms with Gasteiger partial charge in [0.15, 0.2) is 0 Å². The zero-order chi connectivity index (χ0) is 33.7. The molecule has 0 aromatic heterocycles. The Morgan fingerprint density at radius 1 is 1.00 bits per heavy atom. The predicted octanol–water partition coefficient (Wildman–Crippen LogP) is 6.85. The van der Waals surface area contributed by atoms with Crippen molar-refractivity contribution in [3.8, 4) is 0 Å². The summed E-state index contributed by atoms with van der Waals surface area (Å²) in [6.07, 6.45) is -7.42. The first kappa shape index (κ1) is 34.1. The normalized spacial score (nSPS) is 22.5. The van der Waals surface area contributed by atoms with E-state index in [0.29, 0.717) is 41.7 Å². The number of rotatable bonds is 6. The van der Waals surface area contributed by atoms with Gasteiger partial charge in [-0.3, -0.25) is 19.9 Å². The molecule has 1 fully saturated rings.